The van der Waals surface area contributed by atoms with E-state index in [2.05, 4.69) is 12.2 Å². The first kappa shape index (κ1) is 16.1. The number of nitrogens with zero attached hydrogens (tertiary/aromatic N) is 1. The standard InChI is InChI=1S/C18H26N2O3/c1-3-7-23-16-6-5-13(8-17(16)22-4-2)18(21)20-11-14-9-19-10-15(14)12-20/h5-6,8,14-15,19H,3-4,7,9-12H2,1-2H3/t14-,15+. The Morgan fingerprint density at radius 2 is 1.91 bits per heavy atom. The van der Waals surface area contributed by atoms with Gasteiger partial charge in [-0.1, -0.05) is 6.92 Å². The molecule has 2 heterocycles. The highest BCUT2D eigenvalue weighted by Crippen LogP contribution is 2.31. The lowest BCUT2D eigenvalue weighted by atomic mass is 10.0. The average molecular weight is 318 g/mol. The van der Waals surface area contributed by atoms with Crippen molar-refractivity contribution >= 4 is 5.91 Å². The minimum absolute atomic E-state index is 0.0994. The van der Waals surface area contributed by atoms with Crippen LogP contribution in [0.1, 0.15) is 30.6 Å². The Bertz CT molecular complexity index is 549. The quantitative estimate of drug-likeness (QED) is 0.873. The lowest BCUT2D eigenvalue weighted by Crippen LogP contribution is -2.31. The van der Waals surface area contributed by atoms with Gasteiger partial charge >= 0.3 is 0 Å². The summed E-state index contributed by atoms with van der Waals surface area (Å²) in [6, 6.07) is 5.53. The minimum Gasteiger partial charge on any atom is -0.490 e. The van der Waals surface area contributed by atoms with E-state index in [-0.39, 0.29) is 5.91 Å². The molecule has 2 aliphatic heterocycles. The van der Waals surface area contributed by atoms with Crippen LogP contribution in [0.2, 0.25) is 0 Å². The molecular weight excluding hydrogens is 292 g/mol. The number of rotatable bonds is 6. The van der Waals surface area contributed by atoms with E-state index in [0.29, 0.717) is 42.1 Å². The molecule has 0 aromatic heterocycles. The molecule has 23 heavy (non-hydrogen) atoms. The van der Waals surface area contributed by atoms with Gasteiger partial charge in [0.15, 0.2) is 11.5 Å². The minimum atomic E-state index is 0.0994. The number of carbonyl (C=O) groups is 1. The highest BCUT2D eigenvalue weighted by molar-refractivity contribution is 5.95. The molecule has 2 saturated heterocycles. The van der Waals surface area contributed by atoms with Crippen LogP contribution in [-0.2, 0) is 0 Å². The van der Waals surface area contributed by atoms with Crippen molar-refractivity contribution in [1.29, 1.82) is 0 Å². The molecule has 5 nitrogen and oxygen atoms in total. The van der Waals surface area contributed by atoms with Gasteiger partial charge in [-0.25, -0.2) is 0 Å². The number of ether oxygens (including phenoxy) is 2. The van der Waals surface area contributed by atoms with E-state index < -0.39 is 0 Å². The normalized spacial score (nSPS) is 23.0. The van der Waals surface area contributed by atoms with Gasteiger partial charge in [0.1, 0.15) is 0 Å². The maximum absolute atomic E-state index is 12.8. The lowest BCUT2D eigenvalue weighted by Gasteiger charge is -2.19. The molecule has 2 aliphatic rings. The van der Waals surface area contributed by atoms with E-state index in [1.807, 2.05) is 30.0 Å². The fraction of sp³-hybridized carbons (Fsp3) is 0.611. The van der Waals surface area contributed by atoms with Crippen LogP contribution in [0.4, 0.5) is 0 Å². The molecule has 1 N–H and O–H groups in total. The van der Waals surface area contributed by atoms with Gasteiger partial charge in [-0.2, -0.15) is 0 Å². The van der Waals surface area contributed by atoms with Crippen molar-refractivity contribution in [2.24, 2.45) is 11.8 Å². The largest absolute Gasteiger partial charge is 0.490 e. The SMILES string of the molecule is CCCOc1ccc(C(=O)N2C[C@H]3CNC[C@H]3C2)cc1OCC. The summed E-state index contributed by atoms with van der Waals surface area (Å²) in [6.45, 7) is 8.98. The van der Waals surface area contributed by atoms with Gasteiger partial charge in [-0.05, 0) is 43.4 Å². The first-order valence-electron chi connectivity index (χ1n) is 8.62. The Morgan fingerprint density at radius 1 is 1.17 bits per heavy atom. The fourth-order valence-corrected chi connectivity index (χ4v) is 3.44. The van der Waals surface area contributed by atoms with E-state index in [1.165, 1.54) is 0 Å². The van der Waals surface area contributed by atoms with Gasteiger partial charge in [0.05, 0.1) is 13.2 Å². The van der Waals surface area contributed by atoms with Crippen LogP contribution in [0.3, 0.4) is 0 Å². The molecular formula is C18H26N2O3. The molecule has 1 amide bonds. The van der Waals surface area contributed by atoms with Crippen LogP contribution in [0.25, 0.3) is 0 Å². The number of amides is 1. The Labute approximate surface area is 137 Å². The molecule has 2 fully saturated rings. The summed E-state index contributed by atoms with van der Waals surface area (Å²) in [6.07, 6.45) is 0.941. The van der Waals surface area contributed by atoms with Crippen molar-refractivity contribution in [3.63, 3.8) is 0 Å². The Balaban J connectivity index is 1.73. The molecule has 0 aliphatic carbocycles. The average Bonchev–Trinajstić information content (AvgIpc) is 3.15. The van der Waals surface area contributed by atoms with Crippen LogP contribution < -0.4 is 14.8 Å². The highest BCUT2D eigenvalue weighted by atomic mass is 16.5. The Kier molecular flexibility index (Phi) is 5.06. The highest BCUT2D eigenvalue weighted by Gasteiger charge is 2.38. The number of hydrogen-bond donors (Lipinski definition) is 1. The second kappa shape index (κ2) is 7.21. The van der Waals surface area contributed by atoms with Crippen LogP contribution in [-0.4, -0.2) is 50.2 Å². The topological polar surface area (TPSA) is 50.8 Å². The van der Waals surface area contributed by atoms with Crippen molar-refractivity contribution in [2.75, 3.05) is 39.4 Å². The number of likely N-dealkylation sites (tertiary alicyclic amines) is 1. The van der Waals surface area contributed by atoms with Gasteiger partial charge in [0.25, 0.3) is 5.91 Å². The summed E-state index contributed by atoms with van der Waals surface area (Å²) in [7, 11) is 0. The first-order chi connectivity index (χ1) is 11.2. The molecule has 0 unspecified atom stereocenters. The van der Waals surface area contributed by atoms with Crippen LogP contribution >= 0.6 is 0 Å². The van der Waals surface area contributed by atoms with E-state index in [0.717, 1.165) is 32.6 Å². The molecule has 0 spiro atoms. The lowest BCUT2D eigenvalue weighted by molar-refractivity contribution is 0.0781. The summed E-state index contributed by atoms with van der Waals surface area (Å²) in [5.74, 6) is 2.69. The van der Waals surface area contributed by atoms with Gasteiger partial charge in [-0.15, -0.1) is 0 Å². The van der Waals surface area contributed by atoms with Gasteiger partial charge in [-0.3, -0.25) is 4.79 Å². The molecule has 0 radical (unpaired) electrons. The van der Waals surface area contributed by atoms with E-state index >= 15 is 0 Å². The molecule has 5 heteroatoms. The maximum Gasteiger partial charge on any atom is 0.254 e. The monoisotopic (exact) mass is 318 g/mol. The zero-order valence-electron chi connectivity index (χ0n) is 14.0. The second-order valence-corrected chi connectivity index (χ2v) is 6.33. The summed E-state index contributed by atoms with van der Waals surface area (Å²) < 4.78 is 11.4. The van der Waals surface area contributed by atoms with Gasteiger partial charge in [0, 0.05) is 31.7 Å². The van der Waals surface area contributed by atoms with E-state index in [4.69, 9.17) is 9.47 Å². The summed E-state index contributed by atoms with van der Waals surface area (Å²) in [5.41, 5.74) is 0.685. The maximum atomic E-state index is 12.8. The first-order valence-corrected chi connectivity index (χ1v) is 8.62. The predicted molar refractivity (Wildman–Crippen MR) is 89.2 cm³/mol. The third-order valence-electron chi connectivity index (χ3n) is 4.63. The third kappa shape index (κ3) is 3.44. The molecule has 0 saturated carbocycles. The van der Waals surface area contributed by atoms with Crippen molar-refractivity contribution in [3.8, 4) is 11.5 Å². The van der Waals surface area contributed by atoms with Crippen molar-refractivity contribution in [1.82, 2.24) is 10.2 Å². The molecule has 2 atom stereocenters. The van der Waals surface area contributed by atoms with E-state index in [1.54, 1.807) is 0 Å². The number of nitrogens with one attached hydrogen (secondary N) is 1. The van der Waals surface area contributed by atoms with Crippen LogP contribution in [0, 0.1) is 11.8 Å². The number of benzene rings is 1. The van der Waals surface area contributed by atoms with E-state index in [9.17, 15) is 4.79 Å². The fourth-order valence-electron chi connectivity index (χ4n) is 3.44. The molecule has 1 aromatic rings. The number of fused-ring (bicyclic) bond motifs is 1. The van der Waals surface area contributed by atoms with Crippen LogP contribution in [0.15, 0.2) is 18.2 Å². The number of hydrogen-bond acceptors (Lipinski definition) is 4. The molecule has 126 valence electrons. The molecule has 1 aromatic carbocycles. The summed E-state index contributed by atoms with van der Waals surface area (Å²) >= 11 is 0. The zero-order valence-corrected chi connectivity index (χ0v) is 14.0. The van der Waals surface area contributed by atoms with Crippen LogP contribution in [0.5, 0.6) is 11.5 Å². The Morgan fingerprint density at radius 3 is 2.57 bits per heavy atom. The predicted octanol–water partition coefficient (Wildman–Crippen LogP) is 2.17. The smallest absolute Gasteiger partial charge is 0.254 e. The summed E-state index contributed by atoms with van der Waals surface area (Å²) in [4.78, 5) is 14.7. The summed E-state index contributed by atoms with van der Waals surface area (Å²) in [5, 5.41) is 3.40. The molecule has 0 bridgehead atoms. The number of carbonyl (C=O) groups excluding carboxylic acids is 1. The Hall–Kier alpha value is -1.75. The molecule has 3 rings (SSSR count). The van der Waals surface area contributed by atoms with Gasteiger partial charge < -0.3 is 19.7 Å². The second-order valence-electron chi connectivity index (χ2n) is 6.33. The zero-order chi connectivity index (χ0) is 16.2. The van der Waals surface area contributed by atoms with Crippen molar-refractivity contribution in [3.05, 3.63) is 23.8 Å². The van der Waals surface area contributed by atoms with Gasteiger partial charge in [0.2, 0.25) is 0 Å². The third-order valence-corrected chi connectivity index (χ3v) is 4.63. The van der Waals surface area contributed by atoms with Crippen molar-refractivity contribution in [2.45, 2.75) is 20.3 Å². The van der Waals surface area contributed by atoms with Crippen molar-refractivity contribution < 1.29 is 14.3 Å².